The molecule has 1 aromatic rings. The topological polar surface area (TPSA) is 0 Å². The predicted octanol–water partition coefficient (Wildman–Crippen LogP) is 4.34. The van der Waals surface area contributed by atoms with Crippen LogP contribution in [-0.2, 0) is 0 Å². The molecule has 0 saturated carbocycles. The maximum Gasteiger partial charge on any atom is 0.0777 e. The number of thiophene rings is 1. The van der Waals surface area contributed by atoms with Crippen LogP contribution in [0, 0.1) is 0 Å². The van der Waals surface area contributed by atoms with Crippen LogP contribution in [0.15, 0.2) is 21.7 Å². The van der Waals surface area contributed by atoms with Crippen LogP contribution in [0.1, 0.15) is 4.88 Å². The van der Waals surface area contributed by atoms with Gasteiger partial charge in [0.1, 0.15) is 0 Å². The van der Waals surface area contributed by atoms with Gasteiger partial charge in [0.15, 0.2) is 0 Å². The van der Waals surface area contributed by atoms with Crippen LogP contribution in [0.2, 0.25) is 0 Å². The second kappa shape index (κ2) is 5.22. The summed E-state index contributed by atoms with van der Waals surface area (Å²) < 4.78 is 1.18. The lowest BCUT2D eigenvalue weighted by Gasteiger charge is -2.01. The second-order valence-corrected chi connectivity index (χ2v) is 5.20. The Labute approximate surface area is 90.4 Å². The predicted molar refractivity (Wildman–Crippen MR) is 64.1 cm³/mol. The molecule has 0 aliphatic heterocycles. The Morgan fingerprint density at radius 1 is 1.42 bits per heavy atom. The molecule has 0 fully saturated rings. The van der Waals surface area contributed by atoms with Crippen LogP contribution in [0.3, 0.4) is 0 Å². The van der Waals surface area contributed by atoms with E-state index in [-0.39, 0.29) is 0 Å². The van der Waals surface area contributed by atoms with Gasteiger partial charge >= 0.3 is 0 Å². The van der Waals surface area contributed by atoms with Crippen LogP contribution < -0.4 is 0 Å². The molecule has 0 atom stereocenters. The first kappa shape index (κ1) is 10.5. The maximum atomic E-state index is 6.16. The minimum atomic E-state index is 0.880. The number of hydrogen-bond acceptors (Lipinski definition) is 3. The fourth-order valence-corrected chi connectivity index (χ4v) is 3.47. The quantitative estimate of drug-likeness (QED) is 0.766. The summed E-state index contributed by atoms with van der Waals surface area (Å²) in [5.74, 6) is 0. The zero-order valence-electron chi connectivity index (χ0n) is 6.83. The number of hydrogen-bond donors (Lipinski definition) is 0. The Balaban J connectivity index is 2.94. The minimum Gasteiger partial charge on any atom is -0.143 e. The molecule has 0 aliphatic carbocycles. The van der Waals surface area contributed by atoms with Crippen molar-refractivity contribution in [2.45, 2.75) is 0 Å². The molecule has 0 aromatic carbocycles. The van der Waals surface area contributed by atoms with E-state index in [0.717, 1.165) is 9.91 Å². The van der Waals surface area contributed by atoms with E-state index in [2.05, 4.69) is 0 Å². The van der Waals surface area contributed by atoms with Crippen molar-refractivity contribution in [3.63, 3.8) is 0 Å². The van der Waals surface area contributed by atoms with Gasteiger partial charge in [-0.2, -0.15) is 0 Å². The summed E-state index contributed by atoms with van der Waals surface area (Å²) in [6, 6.07) is 4.06. The van der Waals surface area contributed by atoms with E-state index in [4.69, 9.17) is 11.6 Å². The summed E-state index contributed by atoms with van der Waals surface area (Å²) >= 11 is 11.2. The van der Waals surface area contributed by atoms with Gasteiger partial charge in [-0.25, -0.2) is 0 Å². The van der Waals surface area contributed by atoms with Crippen molar-refractivity contribution in [3.8, 4) is 0 Å². The van der Waals surface area contributed by atoms with Crippen molar-refractivity contribution < 1.29 is 0 Å². The van der Waals surface area contributed by atoms with Gasteiger partial charge in [-0.1, -0.05) is 17.7 Å². The molecule has 1 aromatic heterocycles. The van der Waals surface area contributed by atoms with E-state index in [0.29, 0.717) is 0 Å². The Morgan fingerprint density at radius 3 is 2.50 bits per heavy atom. The summed E-state index contributed by atoms with van der Waals surface area (Å²) in [6.07, 6.45) is 4.09. The van der Waals surface area contributed by atoms with Crippen LogP contribution in [0.4, 0.5) is 0 Å². The van der Waals surface area contributed by atoms with Gasteiger partial charge < -0.3 is 0 Å². The lowest BCUT2D eigenvalue weighted by Crippen LogP contribution is -1.73. The highest BCUT2D eigenvalue weighted by Crippen LogP contribution is 2.36. The lowest BCUT2D eigenvalue weighted by atomic mass is 10.5. The fraction of sp³-hybridized carbons (Fsp3) is 0.250. The zero-order valence-corrected chi connectivity index (χ0v) is 10.0. The van der Waals surface area contributed by atoms with Crippen LogP contribution in [0.25, 0.3) is 5.03 Å². The summed E-state index contributed by atoms with van der Waals surface area (Å²) in [4.78, 5) is 1.15. The second-order valence-electron chi connectivity index (χ2n) is 1.99. The standard InChI is InChI=1S/C8H9ClS3/c1-10-8(11-2)7(9)6-4-3-5-12-6/h3-5H,1-2H3. The highest BCUT2D eigenvalue weighted by molar-refractivity contribution is 8.22. The molecule has 12 heavy (non-hydrogen) atoms. The van der Waals surface area contributed by atoms with Crippen LogP contribution >= 0.6 is 46.5 Å². The van der Waals surface area contributed by atoms with E-state index in [1.54, 1.807) is 34.9 Å². The Kier molecular flexibility index (Phi) is 4.57. The van der Waals surface area contributed by atoms with E-state index >= 15 is 0 Å². The zero-order chi connectivity index (χ0) is 8.97. The highest BCUT2D eigenvalue weighted by atomic mass is 35.5. The van der Waals surface area contributed by atoms with Gasteiger partial charge in [-0.15, -0.1) is 34.9 Å². The molecule has 0 spiro atoms. The van der Waals surface area contributed by atoms with E-state index < -0.39 is 0 Å². The van der Waals surface area contributed by atoms with Gasteiger partial charge in [0.25, 0.3) is 0 Å². The van der Waals surface area contributed by atoms with Crippen molar-refractivity contribution in [1.82, 2.24) is 0 Å². The molecule has 0 saturated heterocycles. The number of rotatable bonds is 3. The Bertz CT molecular complexity index is 258. The monoisotopic (exact) mass is 236 g/mol. The molecule has 0 amide bonds. The lowest BCUT2D eigenvalue weighted by molar-refractivity contribution is 1.94. The number of thioether (sulfide) groups is 2. The molecular weight excluding hydrogens is 228 g/mol. The van der Waals surface area contributed by atoms with Crippen molar-refractivity contribution >= 4 is 51.5 Å². The fourth-order valence-electron chi connectivity index (χ4n) is 0.767. The van der Waals surface area contributed by atoms with E-state index in [1.807, 2.05) is 30.0 Å². The summed E-state index contributed by atoms with van der Waals surface area (Å²) in [5.41, 5.74) is 0. The molecule has 0 bridgehead atoms. The molecule has 4 heteroatoms. The smallest absolute Gasteiger partial charge is 0.0777 e. The third-order valence-corrected chi connectivity index (χ3v) is 5.05. The summed E-state index contributed by atoms with van der Waals surface area (Å²) in [5, 5.41) is 2.92. The Hall–Kier alpha value is 0.430. The molecule has 66 valence electrons. The van der Waals surface area contributed by atoms with Crippen LogP contribution in [0.5, 0.6) is 0 Å². The minimum absolute atomic E-state index is 0.880. The SMILES string of the molecule is CSC(SC)=C(Cl)c1cccs1. The summed E-state index contributed by atoms with van der Waals surface area (Å²) in [6.45, 7) is 0. The normalized spacial score (nSPS) is 9.92. The molecule has 1 rings (SSSR count). The van der Waals surface area contributed by atoms with Crippen LogP contribution in [-0.4, -0.2) is 12.5 Å². The van der Waals surface area contributed by atoms with Gasteiger partial charge in [-0.3, -0.25) is 0 Å². The average Bonchev–Trinajstić information content (AvgIpc) is 2.58. The van der Waals surface area contributed by atoms with E-state index in [9.17, 15) is 0 Å². The largest absolute Gasteiger partial charge is 0.143 e. The first-order chi connectivity index (χ1) is 5.79. The molecular formula is C8H9ClS3. The van der Waals surface area contributed by atoms with Gasteiger partial charge in [0, 0.05) is 4.88 Å². The highest BCUT2D eigenvalue weighted by Gasteiger charge is 2.05. The first-order valence-corrected chi connectivity index (χ1v) is 7.02. The molecule has 0 aliphatic rings. The third kappa shape index (κ3) is 2.46. The first-order valence-electron chi connectivity index (χ1n) is 3.31. The van der Waals surface area contributed by atoms with E-state index in [1.165, 1.54) is 4.24 Å². The van der Waals surface area contributed by atoms with Crippen molar-refractivity contribution in [1.29, 1.82) is 0 Å². The van der Waals surface area contributed by atoms with Crippen molar-refractivity contribution in [2.24, 2.45) is 0 Å². The van der Waals surface area contributed by atoms with Gasteiger partial charge in [-0.05, 0) is 24.0 Å². The van der Waals surface area contributed by atoms with Crippen molar-refractivity contribution in [3.05, 3.63) is 26.6 Å². The molecule has 0 radical (unpaired) electrons. The third-order valence-electron chi connectivity index (χ3n) is 1.29. The molecule has 0 N–H and O–H groups in total. The number of halogens is 1. The molecule has 1 heterocycles. The average molecular weight is 237 g/mol. The van der Waals surface area contributed by atoms with Crippen molar-refractivity contribution in [2.75, 3.05) is 12.5 Å². The maximum absolute atomic E-state index is 6.16. The van der Waals surface area contributed by atoms with Gasteiger partial charge in [0.2, 0.25) is 0 Å². The summed E-state index contributed by atoms with van der Waals surface area (Å²) in [7, 11) is 0. The molecule has 0 unspecified atom stereocenters. The Morgan fingerprint density at radius 2 is 2.08 bits per heavy atom. The van der Waals surface area contributed by atoms with Gasteiger partial charge in [0.05, 0.1) is 9.27 Å². The molecule has 0 nitrogen and oxygen atoms in total.